The molecule has 0 fully saturated rings. The average molecular weight is 342 g/mol. The fourth-order valence-corrected chi connectivity index (χ4v) is 2.21. The molecular formula is C11H6BrClN4O2. The normalized spacial score (nSPS) is 10.2. The Morgan fingerprint density at radius 3 is 2.84 bits per heavy atom. The van der Waals surface area contributed by atoms with Gasteiger partial charge >= 0.3 is 5.82 Å². The van der Waals surface area contributed by atoms with Crippen LogP contribution in [0.1, 0.15) is 11.1 Å². The highest BCUT2D eigenvalue weighted by molar-refractivity contribution is 9.10. The minimum absolute atomic E-state index is 0.246. The number of nitro groups is 1. The van der Waals surface area contributed by atoms with E-state index < -0.39 is 4.92 Å². The monoisotopic (exact) mass is 340 g/mol. The molecule has 0 spiro atoms. The topological polar surface area (TPSA) is 84.8 Å². The van der Waals surface area contributed by atoms with Gasteiger partial charge in [-0.1, -0.05) is 17.7 Å². The third kappa shape index (κ3) is 2.92. The highest BCUT2D eigenvalue weighted by atomic mass is 79.9. The molecule has 0 atom stereocenters. The van der Waals surface area contributed by atoms with Gasteiger partial charge < -0.3 is 10.1 Å². The summed E-state index contributed by atoms with van der Waals surface area (Å²) >= 11 is 9.10. The first kappa shape index (κ1) is 13.5. The van der Waals surface area contributed by atoms with Crippen LogP contribution >= 0.6 is 27.5 Å². The fraction of sp³-hybridized carbons (Fsp3) is 0.0909. The zero-order valence-electron chi connectivity index (χ0n) is 9.38. The smallest absolute Gasteiger partial charge is 0.358 e. The van der Waals surface area contributed by atoms with E-state index in [1.165, 1.54) is 10.9 Å². The third-order valence-electron chi connectivity index (χ3n) is 2.39. The predicted molar refractivity (Wildman–Crippen MR) is 71.9 cm³/mol. The van der Waals surface area contributed by atoms with E-state index in [4.69, 9.17) is 16.9 Å². The van der Waals surface area contributed by atoms with Crippen LogP contribution in [0.3, 0.4) is 0 Å². The second-order valence-corrected chi connectivity index (χ2v) is 4.93. The van der Waals surface area contributed by atoms with Gasteiger partial charge in [0.05, 0.1) is 29.5 Å². The van der Waals surface area contributed by atoms with Crippen LogP contribution < -0.4 is 0 Å². The Morgan fingerprint density at radius 2 is 2.32 bits per heavy atom. The maximum Gasteiger partial charge on any atom is 0.404 e. The second-order valence-electron chi connectivity index (χ2n) is 3.67. The van der Waals surface area contributed by atoms with Crippen molar-refractivity contribution in [2.75, 3.05) is 0 Å². The number of hydrogen-bond acceptors (Lipinski definition) is 4. The first-order valence-corrected chi connectivity index (χ1v) is 6.24. The predicted octanol–water partition coefficient (Wildman–Crippen LogP) is 3.13. The lowest BCUT2D eigenvalue weighted by Crippen LogP contribution is -2.02. The second kappa shape index (κ2) is 5.38. The van der Waals surface area contributed by atoms with Crippen molar-refractivity contribution in [3.05, 3.63) is 55.1 Å². The van der Waals surface area contributed by atoms with Gasteiger partial charge in [-0.2, -0.15) is 9.94 Å². The zero-order valence-corrected chi connectivity index (χ0v) is 11.7. The summed E-state index contributed by atoms with van der Waals surface area (Å²) in [6, 6.07) is 6.86. The molecule has 0 N–H and O–H groups in total. The molecule has 0 radical (unpaired) electrons. The highest BCUT2D eigenvalue weighted by Crippen LogP contribution is 2.24. The van der Waals surface area contributed by atoms with E-state index in [-0.39, 0.29) is 12.4 Å². The summed E-state index contributed by atoms with van der Waals surface area (Å²) in [5, 5.41) is 23.7. The molecule has 6 nitrogen and oxygen atoms in total. The van der Waals surface area contributed by atoms with Crippen molar-refractivity contribution in [1.29, 1.82) is 5.26 Å². The van der Waals surface area contributed by atoms with Gasteiger partial charge in [-0.15, -0.1) is 0 Å². The van der Waals surface area contributed by atoms with E-state index in [1.54, 1.807) is 18.2 Å². The quantitative estimate of drug-likeness (QED) is 0.634. The number of aromatic nitrogens is 2. The van der Waals surface area contributed by atoms with Crippen molar-refractivity contribution in [3.63, 3.8) is 0 Å². The van der Waals surface area contributed by atoms with Gasteiger partial charge in [0.15, 0.2) is 0 Å². The summed E-state index contributed by atoms with van der Waals surface area (Å²) in [6.45, 7) is 0.289. The lowest BCUT2D eigenvalue weighted by molar-refractivity contribution is -0.390. The first-order chi connectivity index (χ1) is 9.01. The largest absolute Gasteiger partial charge is 0.404 e. The van der Waals surface area contributed by atoms with E-state index in [0.29, 0.717) is 15.1 Å². The SMILES string of the molecule is N#Cc1ccc(Cn2cc(Br)c([N+](=O)[O-])n2)c(Cl)c1. The zero-order chi connectivity index (χ0) is 14.0. The first-order valence-electron chi connectivity index (χ1n) is 5.07. The highest BCUT2D eigenvalue weighted by Gasteiger charge is 2.19. The van der Waals surface area contributed by atoms with Crippen molar-refractivity contribution < 1.29 is 4.92 Å². The molecule has 2 aromatic rings. The molecule has 0 bridgehead atoms. The van der Waals surface area contributed by atoms with Crippen LogP contribution in [-0.4, -0.2) is 14.7 Å². The van der Waals surface area contributed by atoms with Crippen molar-refractivity contribution in [1.82, 2.24) is 9.78 Å². The third-order valence-corrected chi connectivity index (χ3v) is 3.30. The standard InChI is InChI=1S/C11H6BrClN4O2/c12-9-6-16(15-11(9)17(18)19)5-8-2-1-7(4-14)3-10(8)13/h1-3,6H,5H2. The molecule has 0 unspecified atom stereocenters. The average Bonchev–Trinajstić information content (AvgIpc) is 2.73. The maximum atomic E-state index is 10.7. The van der Waals surface area contributed by atoms with Gasteiger partial charge in [0.1, 0.15) is 4.47 Å². The minimum atomic E-state index is -0.568. The number of hydrogen-bond donors (Lipinski definition) is 0. The van der Waals surface area contributed by atoms with E-state index in [9.17, 15) is 10.1 Å². The van der Waals surface area contributed by atoms with Crippen LogP contribution in [-0.2, 0) is 6.54 Å². The summed E-state index contributed by atoms with van der Waals surface area (Å²) in [5.41, 5.74) is 1.19. The van der Waals surface area contributed by atoms with Crippen molar-refractivity contribution >= 4 is 33.3 Å². The molecule has 19 heavy (non-hydrogen) atoms. The van der Waals surface area contributed by atoms with E-state index in [1.807, 2.05) is 6.07 Å². The number of nitriles is 1. The number of benzene rings is 1. The molecular weight excluding hydrogens is 336 g/mol. The van der Waals surface area contributed by atoms with Gasteiger partial charge in [0.25, 0.3) is 0 Å². The summed E-state index contributed by atoms with van der Waals surface area (Å²) in [7, 11) is 0. The number of halogens is 2. The minimum Gasteiger partial charge on any atom is -0.358 e. The maximum absolute atomic E-state index is 10.7. The molecule has 1 aromatic heterocycles. The van der Waals surface area contributed by atoms with Gasteiger partial charge in [-0.05, 0) is 38.5 Å². The van der Waals surface area contributed by atoms with Gasteiger partial charge in [0.2, 0.25) is 0 Å². The molecule has 0 saturated heterocycles. The Kier molecular flexibility index (Phi) is 3.83. The van der Waals surface area contributed by atoms with Crippen LogP contribution in [0.25, 0.3) is 0 Å². The van der Waals surface area contributed by atoms with E-state index >= 15 is 0 Å². The Bertz CT molecular complexity index is 692. The van der Waals surface area contributed by atoms with Crippen molar-refractivity contribution in [2.24, 2.45) is 0 Å². The summed E-state index contributed by atoms with van der Waals surface area (Å²) < 4.78 is 1.72. The molecule has 0 aliphatic carbocycles. The summed E-state index contributed by atoms with van der Waals surface area (Å²) in [6.07, 6.45) is 1.51. The van der Waals surface area contributed by atoms with Crippen LogP contribution in [0.4, 0.5) is 5.82 Å². The summed E-state index contributed by atoms with van der Waals surface area (Å²) in [4.78, 5) is 10.1. The lowest BCUT2D eigenvalue weighted by atomic mass is 10.1. The molecule has 0 aliphatic rings. The van der Waals surface area contributed by atoms with Crippen LogP contribution in [0.5, 0.6) is 0 Å². The molecule has 1 heterocycles. The summed E-state index contributed by atoms with van der Waals surface area (Å²) in [5.74, 6) is -0.246. The molecule has 1 aromatic carbocycles. The Hall–Kier alpha value is -1.91. The molecule has 0 saturated carbocycles. The lowest BCUT2D eigenvalue weighted by Gasteiger charge is -2.02. The van der Waals surface area contributed by atoms with Crippen LogP contribution in [0.2, 0.25) is 5.02 Å². The molecule has 2 rings (SSSR count). The molecule has 0 aliphatic heterocycles. The van der Waals surface area contributed by atoms with E-state index in [0.717, 1.165) is 5.56 Å². The Morgan fingerprint density at radius 1 is 1.58 bits per heavy atom. The Labute approximate surface area is 121 Å². The number of nitrogens with zero attached hydrogens (tertiary/aromatic N) is 4. The van der Waals surface area contributed by atoms with Crippen molar-refractivity contribution in [2.45, 2.75) is 6.54 Å². The Balaban J connectivity index is 2.29. The number of rotatable bonds is 3. The van der Waals surface area contributed by atoms with Crippen LogP contribution in [0, 0.1) is 21.4 Å². The van der Waals surface area contributed by atoms with Crippen molar-refractivity contribution in [3.8, 4) is 6.07 Å². The molecule has 0 amide bonds. The van der Waals surface area contributed by atoms with E-state index in [2.05, 4.69) is 21.0 Å². The van der Waals surface area contributed by atoms with Gasteiger partial charge in [-0.25, -0.2) is 0 Å². The van der Waals surface area contributed by atoms with Gasteiger partial charge in [-0.3, -0.25) is 0 Å². The van der Waals surface area contributed by atoms with Crippen LogP contribution in [0.15, 0.2) is 28.9 Å². The molecule has 8 heteroatoms. The fourth-order valence-electron chi connectivity index (χ4n) is 1.51. The van der Waals surface area contributed by atoms with Gasteiger partial charge in [0, 0.05) is 5.02 Å². The molecule has 96 valence electrons.